The molecule has 1 aliphatic heterocycles. The molecule has 1 N–H and O–H groups in total. The molecular weight excluding hydrogens is 198 g/mol. The number of unbranched alkanes of at least 4 members (excludes halogenated alkanes) is 3. The van der Waals surface area contributed by atoms with Gasteiger partial charge >= 0.3 is 0 Å². The SMILES string of the molecule is C=CCCCCCN1CCCC1CCCO. The lowest BCUT2D eigenvalue weighted by Crippen LogP contribution is -2.30. The Bertz CT molecular complexity index is 182. The highest BCUT2D eigenvalue weighted by Gasteiger charge is 2.22. The minimum Gasteiger partial charge on any atom is -0.396 e. The zero-order valence-corrected chi connectivity index (χ0v) is 10.5. The van der Waals surface area contributed by atoms with Crippen LogP contribution in [0.15, 0.2) is 12.7 Å². The van der Waals surface area contributed by atoms with E-state index in [1.54, 1.807) is 0 Å². The number of likely N-dealkylation sites (tertiary alicyclic amines) is 1. The number of allylic oxidation sites excluding steroid dienone is 1. The Labute approximate surface area is 100 Å². The average Bonchev–Trinajstić information content (AvgIpc) is 2.74. The van der Waals surface area contributed by atoms with Crippen LogP contribution in [-0.2, 0) is 0 Å². The maximum atomic E-state index is 8.86. The Morgan fingerprint density at radius 3 is 2.88 bits per heavy atom. The van der Waals surface area contributed by atoms with Crippen molar-refractivity contribution >= 4 is 0 Å². The minimum absolute atomic E-state index is 0.351. The Morgan fingerprint density at radius 2 is 2.12 bits per heavy atom. The van der Waals surface area contributed by atoms with Crippen LogP contribution in [-0.4, -0.2) is 35.7 Å². The highest BCUT2D eigenvalue weighted by molar-refractivity contribution is 4.78. The van der Waals surface area contributed by atoms with Crippen molar-refractivity contribution in [2.45, 2.75) is 57.4 Å². The molecular formula is C14H27NO. The first-order valence-corrected chi connectivity index (χ1v) is 6.84. The summed E-state index contributed by atoms with van der Waals surface area (Å²) in [5, 5.41) is 8.86. The van der Waals surface area contributed by atoms with Gasteiger partial charge in [0, 0.05) is 12.6 Å². The van der Waals surface area contributed by atoms with E-state index >= 15 is 0 Å². The molecule has 16 heavy (non-hydrogen) atoms. The van der Waals surface area contributed by atoms with Crippen LogP contribution in [0.5, 0.6) is 0 Å². The summed E-state index contributed by atoms with van der Waals surface area (Å²) in [7, 11) is 0. The molecule has 0 saturated carbocycles. The minimum atomic E-state index is 0.351. The highest BCUT2D eigenvalue weighted by atomic mass is 16.2. The maximum Gasteiger partial charge on any atom is 0.0431 e. The molecule has 1 aliphatic rings. The van der Waals surface area contributed by atoms with Crippen molar-refractivity contribution in [3.63, 3.8) is 0 Å². The van der Waals surface area contributed by atoms with Gasteiger partial charge in [0.2, 0.25) is 0 Å². The molecule has 0 radical (unpaired) electrons. The summed E-state index contributed by atoms with van der Waals surface area (Å²) in [5.74, 6) is 0. The van der Waals surface area contributed by atoms with E-state index in [9.17, 15) is 0 Å². The van der Waals surface area contributed by atoms with Gasteiger partial charge in [-0.3, -0.25) is 0 Å². The number of aliphatic hydroxyl groups is 1. The molecule has 0 aromatic rings. The van der Waals surface area contributed by atoms with Crippen molar-refractivity contribution in [3.05, 3.63) is 12.7 Å². The standard InChI is InChI=1S/C14H27NO/c1-2-3-4-5-6-11-15-12-7-9-14(15)10-8-13-16/h2,14,16H,1,3-13H2. The summed E-state index contributed by atoms with van der Waals surface area (Å²) in [5.41, 5.74) is 0. The van der Waals surface area contributed by atoms with Crippen molar-refractivity contribution in [1.82, 2.24) is 4.90 Å². The van der Waals surface area contributed by atoms with Crippen molar-refractivity contribution in [1.29, 1.82) is 0 Å². The van der Waals surface area contributed by atoms with Gasteiger partial charge in [-0.05, 0) is 58.0 Å². The predicted octanol–water partition coefficient (Wildman–Crippen LogP) is 2.97. The fourth-order valence-electron chi connectivity index (χ4n) is 2.62. The number of aliphatic hydroxyl groups excluding tert-OH is 1. The summed E-state index contributed by atoms with van der Waals surface area (Å²) >= 11 is 0. The predicted molar refractivity (Wildman–Crippen MR) is 69.6 cm³/mol. The van der Waals surface area contributed by atoms with Crippen LogP contribution in [0, 0.1) is 0 Å². The van der Waals surface area contributed by atoms with Crippen LogP contribution in [0.4, 0.5) is 0 Å². The lowest BCUT2D eigenvalue weighted by molar-refractivity contribution is 0.213. The topological polar surface area (TPSA) is 23.5 Å². The molecule has 0 spiro atoms. The second kappa shape index (κ2) is 8.77. The van der Waals surface area contributed by atoms with Crippen LogP contribution in [0.25, 0.3) is 0 Å². The molecule has 2 nitrogen and oxygen atoms in total. The second-order valence-electron chi connectivity index (χ2n) is 4.84. The molecule has 0 bridgehead atoms. The fraction of sp³-hybridized carbons (Fsp3) is 0.857. The van der Waals surface area contributed by atoms with E-state index in [4.69, 9.17) is 5.11 Å². The van der Waals surface area contributed by atoms with E-state index in [-0.39, 0.29) is 0 Å². The third kappa shape index (κ3) is 5.13. The van der Waals surface area contributed by atoms with Gasteiger partial charge < -0.3 is 10.0 Å². The molecule has 1 fully saturated rings. The summed E-state index contributed by atoms with van der Waals surface area (Å²) in [6, 6.07) is 0.756. The van der Waals surface area contributed by atoms with Crippen molar-refractivity contribution in [2.75, 3.05) is 19.7 Å². The highest BCUT2D eigenvalue weighted by Crippen LogP contribution is 2.21. The molecule has 0 aromatic carbocycles. The molecule has 0 amide bonds. The average molecular weight is 225 g/mol. The van der Waals surface area contributed by atoms with E-state index < -0.39 is 0 Å². The monoisotopic (exact) mass is 225 g/mol. The Morgan fingerprint density at radius 1 is 1.25 bits per heavy atom. The zero-order valence-electron chi connectivity index (χ0n) is 10.5. The fourth-order valence-corrected chi connectivity index (χ4v) is 2.62. The van der Waals surface area contributed by atoms with Crippen molar-refractivity contribution in [3.8, 4) is 0 Å². The number of nitrogens with zero attached hydrogens (tertiary/aromatic N) is 1. The molecule has 1 heterocycles. The van der Waals surface area contributed by atoms with Crippen LogP contribution >= 0.6 is 0 Å². The molecule has 0 aromatic heterocycles. The van der Waals surface area contributed by atoms with Crippen LogP contribution in [0.2, 0.25) is 0 Å². The third-order valence-electron chi connectivity index (χ3n) is 3.55. The lowest BCUT2D eigenvalue weighted by Gasteiger charge is -2.24. The summed E-state index contributed by atoms with van der Waals surface area (Å²) < 4.78 is 0. The molecule has 94 valence electrons. The van der Waals surface area contributed by atoms with Crippen LogP contribution in [0.1, 0.15) is 51.4 Å². The van der Waals surface area contributed by atoms with Gasteiger partial charge in [-0.2, -0.15) is 0 Å². The van der Waals surface area contributed by atoms with Crippen LogP contribution in [0.3, 0.4) is 0 Å². The smallest absolute Gasteiger partial charge is 0.0431 e. The Kier molecular flexibility index (Phi) is 7.52. The first kappa shape index (κ1) is 13.7. The van der Waals surface area contributed by atoms with Gasteiger partial charge in [0.15, 0.2) is 0 Å². The summed E-state index contributed by atoms with van der Waals surface area (Å²) in [6.07, 6.45) is 12.0. The number of hydrogen-bond acceptors (Lipinski definition) is 2. The second-order valence-corrected chi connectivity index (χ2v) is 4.84. The molecule has 2 heteroatoms. The molecule has 1 unspecified atom stereocenters. The van der Waals surface area contributed by atoms with Crippen molar-refractivity contribution in [2.24, 2.45) is 0 Å². The van der Waals surface area contributed by atoms with Gasteiger partial charge in [-0.15, -0.1) is 6.58 Å². The normalized spacial score (nSPS) is 21.4. The van der Waals surface area contributed by atoms with Gasteiger partial charge in [0.25, 0.3) is 0 Å². The summed E-state index contributed by atoms with van der Waals surface area (Å²) in [4.78, 5) is 2.63. The Hall–Kier alpha value is -0.340. The lowest BCUT2D eigenvalue weighted by atomic mass is 10.1. The summed E-state index contributed by atoms with van der Waals surface area (Å²) in [6.45, 7) is 6.63. The first-order valence-electron chi connectivity index (χ1n) is 6.84. The van der Waals surface area contributed by atoms with E-state index in [1.165, 1.54) is 51.6 Å². The van der Waals surface area contributed by atoms with E-state index in [1.807, 2.05) is 6.08 Å². The van der Waals surface area contributed by atoms with Gasteiger partial charge in [0.05, 0.1) is 0 Å². The van der Waals surface area contributed by atoms with E-state index in [0.717, 1.165) is 18.9 Å². The van der Waals surface area contributed by atoms with E-state index in [0.29, 0.717) is 6.61 Å². The number of rotatable bonds is 9. The Balaban J connectivity index is 2.07. The van der Waals surface area contributed by atoms with E-state index in [2.05, 4.69) is 11.5 Å². The van der Waals surface area contributed by atoms with Crippen LogP contribution < -0.4 is 0 Å². The van der Waals surface area contributed by atoms with Crippen molar-refractivity contribution < 1.29 is 5.11 Å². The molecule has 1 rings (SSSR count). The quantitative estimate of drug-likeness (QED) is 0.482. The maximum absolute atomic E-state index is 8.86. The number of hydrogen-bond donors (Lipinski definition) is 1. The first-order chi connectivity index (χ1) is 7.88. The van der Waals surface area contributed by atoms with Gasteiger partial charge in [-0.1, -0.05) is 12.5 Å². The molecule has 1 atom stereocenters. The van der Waals surface area contributed by atoms with Gasteiger partial charge in [0.1, 0.15) is 0 Å². The molecule has 0 aliphatic carbocycles. The zero-order chi connectivity index (χ0) is 11.6. The van der Waals surface area contributed by atoms with Gasteiger partial charge in [-0.25, -0.2) is 0 Å². The third-order valence-corrected chi connectivity index (χ3v) is 3.55. The largest absolute Gasteiger partial charge is 0.396 e. The molecule has 1 saturated heterocycles.